The number of unbranched alkanes of at least 4 members (excludes halogenated alkanes) is 3. The van der Waals surface area contributed by atoms with Crippen LogP contribution in [0, 0.1) is 6.92 Å². The third kappa shape index (κ3) is 5.23. The monoisotopic (exact) mass is 278 g/mol. The molecule has 0 atom stereocenters. The van der Waals surface area contributed by atoms with Gasteiger partial charge in [-0.05, 0) is 36.5 Å². The molecule has 2 aromatic carbocycles. The third-order valence-electron chi connectivity index (χ3n) is 3.86. The van der Waals surface area contributed by atoms with Crippen molar-refractivity contribution in [1.82, 2.24) is 0 Å². The van der Waals surface area contributed by atoms with E-state index in [-0.39, 0.29) is 0 Å². The molecule has 0 aliphatic carbocycles. The zero-order valence-corrected chi connectivity index (χ0v) is 13.3. The molecule has 0 nitrogen and oxygen atoms in total. The van der Waals surface area contributed by atoms with Gasteiger partial charge < -0.3 is 0 Å². The van der Waals surface area contributed by atoms with Crippen molar-refractivity contribution in [2.45, 2.75) is 46.0 Å². The molecule has 21 heavy (non-hydrogen) atoms. The molecule has 0 heteroatoms. The van der Waals surface area contributed by atoms with E-state index in [0.717, 1.165) is 6.42 Å². The summed E-state index contributed by atoms with van der Waals surface area (Å²) < 4.78 is 0. The second kappa shape index (κ2) is 8.46. The van der Waals surface area contributed by atoms with Crippen LogP contribution in [0.15, 0.2) is 54.6 Å². The molecule has 0 radical (unpaired) electrons. The lowest BCUT2D eigenvalue weighted by Gasteiger charge is -2.09. The van der Waals surface area contributed by atoms with Crippen LogP contribution in [0.1, 0.15) is 55.7 Å². The van der Waals surface area contributed by atoms with E-state index in [1.165, 1.54) is 47.9 Å². The minimum atomic E-state index is 1.16. The van der Waals surface area contributed by atoms with Crippen LogP contribution in [0.5, 0.6) is 0 Å². The highest BCUT2D eigenvalue weighted by Gasteiger charge is 2.02. The van der Waals surface area contributed by atoms with Gasteiger partial charge in [0.2, 0.25) is 0 Å². The maximum absolute atomic E-state index is 2.35. The quantitative estimate of drug-likeness (QED) is 0.400. The van der Waals surface area contributed by atoms with Crippen LogP contribution in [0.2, 0.25) is 0 Å². The van der Waals surface area contributed by atoms with Crippen LogP contribution in [0.25, 0.3) is 11.6 Å². The largest absolute Gasteiger partial charge is 0.0654 e. The molecule has 0 N–H and O–H groups in total. The van der Waals surface area contributed by atoms with Gasteiger partial charge in [0, 0.05) is 0 Å². The Labute approximate surface area is 129 Å². The van der Waals surface area contributed by atoms with Gasteiger partial charge in [0.15, 0.2) is 0 Å². The maximum Gasteiger partial charge on any atom is -0.0224 e. The number of rotatable bonds is 7. The average Bonchev–Trinajstić information content (AvgIpc) is 2.53. The SMILES string of the molecule is CCCCCC/C(=C\c1ccc(C)cc1)c1ccccc1. The van der Waals surface area contributed by atoms with Crippen molar-refractivity contribution in [2.24, 2.45) is 0 Å². The van der Waals surface area contributed by atoms with Gasteiger partial charge in [0.05, 0.1) is 0 Å². The molecular weight excluding hydrogens is 252 g/mol. The minimum Gasteiger partial charge on any atom is -0.0654 e. The second-order valence-corrected chi connectivity index (χ2v) is 5.76. The standard InChI is InChI=1S/C21H26/c1-3-4-5-7-12-21(20-10-8-6-9-11-20)17-19-15-13-18(2)14-16-19/h6,8-11,13-17H,3-5,7,12H2,1-2H3/b21-17+. The van der Waals surface area contributed by atoms with E-state index in [4.69, 9.17) is 0 Å². The van der Waals surface area contributed by atoms with Crippen LogP contribution >= 0.6 is 0 Å². The normalized spacial score (nSPS) is 11.6. The molecule has 0 heterocycles. The van der Waals surface area contributed by atoms with Crippen LogP contribution < -0.4 is 0 Å². The van der Waals surface area contributed by atoms with E-state index < -0.39 is 0 Å². The number of allylic oxidation sites excluding steroid dienone is 1. The van der Waals surface area contributed by atoms with Gasteiger partial charge in [0.1, 0.15) is 0 Å². The smallest absolute Gasteiger partial charge is 0.0224 e. The van der Waals surface area contributed by atoms with Crippen molar-refractivity contribution in [3.05, 3.63) is 71.3 Å². The number of aryl methyl sites for hydroxylation is 1. The Morgan fingerprint density at radius 1 is 0.857 bits per heavy atom. The first-order chi connectivity index (χ1) is 10.3. The van der Waals surface area contributed by atoms with Crippen molar-refractivity contribution in [3.63, 3.8) is 0 Å². The maximum atomic E-state index is 2.35. The lowest BCUT2D eigenvalue weighted by atomic mass is 9.97. The van der Waals surface area contributed by atoms with E-state index in [1.54, 1.807) is 0 Å². The summed E-state index contributed by atoms with van der Waals surface area (Å²) in [5, 5.41) is 0. The van der Waals surface area contributed by atoms with Crippen molar-refractivity contribution < 1.29 is 0 Å². The molecule has 0 saturated heterocycles. The van der Waals surface area contributed by atoms with Crippen molar-refractivity contribution in [3.8, 4) is 0 Å². The first-order valence-electron chi connectivity index (χ1n) is 8.12. The molecule has 0 aliphatic heterocycles. The van der Waals surface area contributed by atoms with Gasteiger partial charge in [-0.1, -0.05) is 92.4 Å². The first kappa shape index (κ1) is 15.6. The molecule has 0 saturated carbocycles. The lowest BCUT2D eigenvalue weighted by Crippen LogP contribution is -1.87. The Bertz CT molecular complexity index is 546. The zero-order chi connectivity index (χ0) is 14.9. The molecule has 0 fully saturated rings. The summed E-state index contributed by atoms with van der Waals surface area (Å²) in [5.41, 5.74) is 5.43. The first-order valence-corrected chi connectivity index (χ1v) is 8.12. The molecule has 110 valence electrons. The van der Waals surface area contributed by atoms with E-state index in [0.29, 0.717) is 0 Å². The number of benzene rings is 2. The van der Waals surface area contributed by atoms with E-state index in [1.807, 2.05) is 0 Å². The van der Waals surface area contributed by atoms with Crippen molar-refractivity contribution in [1.29, 1.82) is 0 Å². The molecule has 2 aromatic rings. The molecule has 0 spiro atoms. The van der Waals surface area contributed by atoms with Crippen LogP contribution in [0.4, 0.5) is 0 Å². The highest BCUT2D eigenvalue weighted by atomic mass is 14.1. The molecule has 0 unspecified atom stereocenters. The minimum absolute atomic E-state index is 1.16. The highest BCUT2D eigenvalue weighted by molar-refractivity contribution is 5.81. The van der Waals surface area contributed by atoms with Gasteiger partial charge in [-0.2, -0.15) is 0 Å². The Morgan fingerprint density at radius 2 is 1.57 bits per heavy atom. The second-order valence-electron chi connectivity index (χ2n) is 5.76. The fourth-order valence-corrected chi connectivity index (χ4v) is 2.56. The summed E-state index contributed by atoms with van der Waals surface area (Å²) in [7, 11) is 0. The van der Waals surface area contributed by atoms with E-state index >= 15 is 0 Å². The summed E-state index contributed by atoms with van der Waals surface area (Å²) in [6.45, 7) is 4.40. The summed E-state index contributed by atoms with van der Waals surface area (Å²) in [6, 6.07) is 19.6. The molecule has 0 aliphatic rings. The molecule has 0 aromatic heterocycles. The number of hydrogen-bond acceptors (Lipinski definition) is 0. The molecule has 0 bridgehead atoms. The van der Waals surface area contributed by atoms with Crippen molar-refractivity contribution >= 4 is 11.6 Å². The van der Waals surface area contributed by atoms with Gasteiger partial charge >= 0.3 is 0 Å². The van der Waals surface area contributed by atoms with Gasteiger partial charge in [-0.15, -0.1) is 0 Å². The summed E-state index contributed by atoms with van der Waals surface area (Å²) >= 11 is 0. The van der Waals surface area contributed by atoms with E-state index in [9.17, 15) is 0 Å². The Hall–Kier alpha value is -1.82. The molecule has 2 rings (SSSR count). The van der Waals surface area contributed by atoms with Gasteiger partial charge in [-0.3, -0.25) is 0 Å². The predicted octanol–water partition coefficient (Wildman–Crippen LogP) is 6.51. The average molecular weight is 278 g/mol. The molecule has 0 amide bonds. The lowest BCUT2D eigenvalue weighted by molar-refractivity contribution is 0.679. The Morgan fingerprint density at radius 3 is 2.24 bits per heavy atom. The molecular formula is C21H26. The zero-order valence-electron chi connectivity index (χ0n) is 13.3. The fourth-order valence-electron chi connectivity index (χ4n) is 2.56. The van der Waals surface area contributed by atoms with Crippen molar-refractivity contribution in [2.75, 3.05) is 0 Å². The van der Waals surface area contributed by atoms with E-state index in [2.05, 4.69) is 74.5 Å². The van der Waals surface area contributed by atoms with Gasteiger partial charge in [0.25, 0.3) is 0 Å². The fraction of sp³-hybridized carbons (Fsp3) is 0.333. The third-order valence-corrected chi connectivity index (χ3v) is 3.86. The summed E-state index contributed by atoms with van der Waals surface area (Å²) in [6.07, 6.45) is 8.75. The predicted molar refractivity (Wildman–Crippen MR) is 94.3 cm³/mol. The number of hydrogen-bond donors (Lipinski definition) is 0. The highest BCUT2D eigenvalue weighted by Crippen LogP contribution is 2.24. The summed E-state index contributed by atoms with van der Waals surface area (Å²) in [5.74, 6) is 0. The summed E-state index contributed by atoms with van der Waals surface area (Å²) in [4.78, 5) is 0. The van der Waals surface area contributed by atoms with Crippen LogP contribution in [-0.2, 0) is 0 Å². The van der Waals surface area contributed by atoms with Gasteiger partial charge in [-0.25, -0.2) is 0 Å². The Kier molecular flexibility index (Phi) is 6.27. The van der Waals surface area contributed by atoms with Crippen LogP contribution in [-0.4, -0.2) is 0 Å². The van der Waals surface area contributed by atoms with Crippen LogP contribution in [0.3, 0.4) is 0 Å². The Balaban J connectivity index is 2.16. The topological polar surface area (TPSA) is 0 Å².